The van der Waals surface area contributed by atoms with Crippen LogP contribution in [0.1, 0.15) is 47.2 Å². The minimum absolute atomic E-state index is 0.0809. The van der Waals surface area contributed by atoms with Crippen LogP contribution in [0.2, 0.25) is 0 Å². The molecule has 2 fully saturated rings. The second kappa shape index (κ2) is 7.98. The molecule has 3 atom stereocenters. The zero-order valence-corrected chi connectivity index (χ0v) is 15.8. The van der Waals surface area contributed by atoms with Crippen molar-refractivity contribution in [2.24, 2.45) is 5.73 Å². The Morgan fingerprint density at radius 1 is 1.25 bits per heavy atom. The van der Waals surface area contributed by atoms with Crippen LogP contribution >= 0.6 is 0 Å². The number of nitrogens with two attached hydrogens (primary N) is 1. The summed E-state index contributed by atoms with van der Waals surface area (Å²) >= 11 is 0. The largest absolute Gasteiger partial charge is 0.377 e. The maximum Gasteiger partial charge on any atom is 0.255 e. The van der Waals surface area contributed by atoms with Crippen LogP contribution in [0.3, 0.4) is 0 Å². The Hall–Kier alpha value is -2.29. The quantitative estimate of drug-likeness (QED) is 0.616. The minimum atomic E-state index is -0.584. The van der Waals surface area contributed by atoms with E-state index >= 15 is 0 Å². The van der Waals surface area contributed by atoms with Crippen molar-refractivity contribution >= 4 is 17.7 Å². The number of rotatable bonds is 5. The van der Waals surface area contributed by atoms with E-state index in [-0.39, 0.29) is 30.2 Å². The summed E-state index contributed by atoms with van der Waals surface area (Å²) in [6, 6.07) is 5.56. The predicted molar refractivity (Wildman–Crippen MR) is 101 cm³/mol. The Morgan fingerprint density at radius 2 is 2.11 bits per heavy atom. The lowest BCUT2D eigenvalue weighted by molar-refractivity contribution is -0.136. The van der Waals surface area contributed by atoms with Crippen molar-refractivity contribution < 1.29 is 19.1 Å². The van der Waals surface area contributed by atoms with E-state index in [2.05, 4.69) is 10.6 Å². The first-order valence-corrected chi connectivity index (χ1v) is 9.87. The highest BCUT2D eigenvalue weighted by Gasteiger charge is 2.40. The molecule has 0 saturated carbocycles. The standard InChI is InChI=1S/C20H26N4O4/c21-9-15-8-14(6-7-28-15)22-10-12-2-1-3-13-11-24(20(27)18(12)13)16-4-5-17(25)23-19(16)26/h1-3,14-16,22H,4-11,21H2,(H,23,25,26)/t14-,15-,16?/m0/s1. The van der Waals surface area contributed by atoms with Gasteiger partial charge in [-0.2, -0.15) is 0 Å². The lowest BCUT2D eigenvalue weighted by atomic mass is 10.0. The normalized spacial score (nSPS) is 27.7. The van der Waals surface area contributed by atoms with E-state index in [0.717, 1.165) is 24.0 Å². The Balaban J connectivity index is 1.46. The number of carbonyl (C=O) groups excluding carboxylic acids is 3. The number of piperidine rings is 1. The van der Waals surface area contributed by atoms with Crippen molar-refractivity contribution in [2.75, 3.05) is 13.2 Å². The molecule has 150 valence electrons. The highest BCUT2D eigenvalue weighted by molar-refractivity contribution is 6.05. The first-order chi connectivity index (χ1) is 13.6. The molecule has 8 heteroatoms. The Labute approximate surface area is 163 Å². The molecule has 3 aliphatic rings. The van der Waals surface area contributed by atoms with Crippen LogP contribution in [-0.4, -0.2) is 54.0 Å². The third-order valence-electron chi connectivity index (χ3n) is 5.85. The predicted octanol–water partition coefficient (Wildman–Crippen LogP) is 0.0435. The number of ether oxygens (including phenoxy) is 1. The molecule has 4 rings (SSSR count). The van der Waals surface area contributed by atoms with Crippen LogP contribution in [0.25, 0.3) is 0 Å². The van der Waals surface area contributed by atoms with Crippen molar-refractivity contribution in [3.8, 4) is 0 Å². The maximum absolute atomic E-state index is 13.1. The Bertz CT molecular complexity index is 796. The highest BCUT2D eigenvalue weighted by Crippen LogP contribution is 2.30. The van der Waals surface area contributed by atoms with Crippen LogP contribution in [0.4, 0.5) is 0 Å². The van der Waals surface area contributed by atoms with Crippen molar-refractivity contribution in [3.05, 3.63) is 34.9 Å². The average Bonchev–Trinajstić information content (AvgIpc) is 3.03. The first-order valence-electron chi connectivity index (χ1n) is 9.87. The van der Waals surface area contributed by atoms with E-state index in [0.29, 0.717) is 44.3 Å². The first kappa shape index (κ1) is 19.0. The SMILES string of the molecule is NC[C@@H]1C[C@@H](NCc2cccc3c2C(=O)N(C2CCC(=O)NC2=O)C3)CCO1. The summed E-state index contributed by atoms with van der Waals surface area (Å²) < 4.78 is 5.61. The summed E-state index contributed by atoms with van der Waals surface area (Å²) in [7, 11) is 0. The van der Waals surface area contributed by atoms with E-state index in [9.17, 15) is 14.4 Å². The van der Waals surface area contributed by atoms with E-state index in [1.54, 1.807) is 4.90 Å². The molecule has 3 heterocycles. The summed E-state index contributed by atoms with van der Waals surface area (Å²) in [5.74, 6) is -0.789. The number of nitrogens with one attached hydrogen (secondary N) is 2. The molecular weight excluding hydrogens is 360 g/mol. The Kier molecular flexibility index (Phi) is 5.43. The monoisotopic (exact) mass is 386 g/mol. The van der Waals surface area contributed by atoms with Crippen LogP contribution < -0.4 is 16.4 Å². The summed E-state index contributed by atoms with van der Waals surface area (Å²) in [6.45, 7) is 2.19. The number of hydrogen-bond donors (Lipinski definition) is 3. The molecule has 0 aromatic heterocycles. The van der Waals surface area contributed by atoms with Gasteiger partial charge in [-0.25, -0.2) is 0 Å². The second-order valence-corrected chi connectivity index (χ2v) is 7.68. The molecule has 0 radical (unpaired) electrons. The maximum atomic E-state index is 13.1. The van der Waals surface area contributed by atoms with Gasteiger partial charge in [0.15, 0.2) is 0 Å². The van der Waals surface area contributed by atoms with Gasteiger partial charge < -0.3 is 20.7 Å². The van der Waals surface area contributed by atoms with E-state index in [4.69, 9.17) is 10.5 Å². The third kappa shape index (κ3) is 3.67. The van der Waals surface area contributed by atoms with Gasteiger partial charge in [0, 0.05) is 44.3 Å². The van der Waals surface area contributed by atoms with Crippen LogP contribution in [0, 0.1) is 0 Å². The zero-order valence-electron chi connectivity index (χ0n) is 15.8. The van der Waals surface area contributed by atoms with Gasteiger partial charge in [0.05, 0.1) is 6.10 Å². The van der Waals surface area contributed by atoms with Crippen molar-refractivity contribution in [3.63, 3.8) is 0 Å². The van der Waals surface area contributed by atoms with E-state index in [1.807, 2.05) is 18.2 Å². The molecule has 2 saturated heterocycles. The van der Waals surface area contributed by atoms with Gasteiger partial charge in [-0.1, -0.05) is 18.2 Å². The van der Waals surface area contributed by atoms with Crippen molar-refractivity contribution in [1.29, 1.82) is 0 Å². The number of nitrogens with zero attached hydrogens (tertiary/aromatic N) is 1. The molecule has 0 aliphatic carbocycles. The summed E-state index contributed by atoms with van der Waals surface area (Å²) in [5, 5.41) is 5.87. The molecule has 3 aliphatic heterocycles. The molecule has 4 N–H and O–H groups in total. The number of hydrogen-bond acceptors (Lipinski definition) is 6. The summed E-state index contributed by atoms with van der Waals surface area (Å²) in [6.07, 6.45) is 2.50. The molecule has 1 aromatic carbocycles. The molecule has 3 amide bonds. The van der Waals surface area contributed by atoms with Crippen molar-refractivity contribution in [2.45, 2.75) is 57.0 Å². The number of amides is 3. The molecule has 28 heavy (non-hydrogen) atoms. The van der Waals surface area contributed by atoms with Crippen molar-refractivity contribution in [1.82, 2.24) is 15.5 Å². The summed E-state index contributed by atoms with van der Waals surface area (Å²) in [5.41, 5.74) is 8.27. The van der Waals surface area contributed by atoms with Crippen LogP contribution in [-0.2, 0) is 27.4 Å². The van der Waals surface area contributed by atoms with Crippen LogP contribution in [0.15, 0.2) is 18.2 Å². The van der Waals surface area contributed by atoms with Gasteiger partial charge in [0.2, 0.25) is 11.8 Å². The van der Waals surface area contributed by atoms with Gasteiger partial charge in [-0.05, 0) is 30.4 Å². The number of imide groups is 1. The molecule has 8 nitrogen and oxygen atoms in total. The number of fused-ring (bicyclic) bond motifs is 1. The molecule has 0 bridgehead atoms. The molecule has 1 unspecified atom stereocenters. The van der Waals surface area contributed by atoms with Crippen LogP contribution in [0.5, 0.6) is 0 Å². The fourth-order valence-electron chi connectivity index (χ4n) is 4.32. The number of carbonyl (C=O) groups is 3. The van der Waals surface area contributed by atoms with Gasteiger partial charge >= 0.3 is 0 Å². The van der Waals surface area contributed by atoms with E-state index < -0.39 is 6.04 Å². The fraction of sp³-hybridized carbons (Fsp3) is 0.550. The second-order valence-electron chi connectivity index (χ2n) is 7.68. The smallest absolute Gasteiger partial charge is 0.255 e. The molecule has 1 aromatic rings. The molecule has 0 spiro atoms. The average molecular weight is 386 g/mol. The zero-order chi connectivity index (χ0) is 19.7. The van der Waals surface area contributed by atoms with Gasteiger partial charge in [-0.15, -0.1) is 0 Å². The lowest BCUT2D eigenvalue weighted by Crippen LogP contribution is -2.52. The third-order valence-corrected chi connectivity index (χ3v) is 5.85. The van der Waals surface area contributed by atoms with Gasteiger partial charge in [0.1, 0.15) is 6.04 Å². The fourth-order valence-corrected chi connectivity index (χ4v) is 4.32. The van der Waals surface area contributed by atoms with Gasteiger partial charge in [-0.3, -0.25) is 19.7 Å². The number of benzene rings is 1. The molecular formula is C20H26N4O4. The Morgan fingerprint density at radius 3 is 2.89 bits per heavy atom. The van der Waals surface area contributed by atoms with Gasteiger partial charge in [0.25, 0.3) is 5.91 Å². The minimum Gasteiger partial charge on any atom is -0.377 e. The summed E-state index contributed by atoms with van der Waals surface area (Å²) in [4.78, 5) is 38.3. The van der Waals surface area contributed by atoms with E-state index in [1.165, 1.54) is 0 Å². The lowest BCUT2D eigenvalue weighted by Gasteiger charge is -2.30. The topological polar surface area (TPSA) is 114 Å². The highest BCUT2D eigenvalue weighted by atomic mass is 16.5.